The molecule has 0 aromatic heterocycles. The summed E-state index contributed by atoms with van der Waals surface area (Å²) in [6.07, 6.45) is 1.96. The number of carbonyl (C=O) groups excluding carboxylic acids is 4. The van der Waals surface area contributed by atoms with Crippen molar-refractivity contribution in [2.45, 2.75) is 104 Å². The molecule has 0 spiro atoms. The van der Waals surface area contributed by atoms with Gasteiger partial charge in [-0.3, -0.25) is 14.4 Å². The number of phenolic OH excluding ortho intramolecular Hbond substituents is 1. The molecule has 37 heavy (non-hydrogen) atoms. The van der Waals surface area contributed by atoms with Gasteiger partial charge >= 0.3 is 6.09 Å². The zero-order valence-corrected chi connectivity index (χ0v) is 23.2. The summed E-state index contributed by atoms with van der Waals surface area (Å²) in [7, 11) is 0. The highest BCUT2D eigenvalue weighted by atomic mass is 16.6. The summed E-state index contributed by atoms with van der Waals surface area (Å²) in [6, 6.07) is 3.64. The average Bonchev–Trinajstić information content (AvgIpc) is 2.72. The van der Waals surface area contributed by atoms with Crippen molar-refractivity contribution >= 4 is 23.8 Å². The molecule has 0 fully saturated rings. The van der Waals surface area contributed by atoms with Crippen LogP contribution in [0.2, 0.25) is 0 Å². The van der Waals surface area contributed by atoms with Gasteiger partial charge in [-0.15, -0.1) is 0 Å². The lowest BCUT2D eigenvalue weighted by Gasteiger charge is -2.36. The van der Waals surface area contributed by atoms with E-state index in [1.165, 1.54) is 17.0 Å². The summed E-state index contributed by atoms with van der Waals surface area (Å²) >= 11 is 0. The minimum Gasteiger partial charge on any atom is -0.508 e. The number of unbranched alkanes of at least 4 members (excludes halogenated alkanes) is 3. The van der Waals surface area contributed by atoms with Gasteiger partial charge in [-0.2, -0.15) is 0 Å². The second kappa shape index (κ2) is 13.9. The average molecular weight is 521 g/mol. The Morgan fingerprint density at radius 2 is 1.70 bits per heavy atom. The van der Waals surface area contributed by atoms with E-state index < -0.39 is 53.5 Å². The van der Waals surface area contributed by atoms with Gasteiger partial charge in [-0.05, 0) is 65.7 Å². The quantitative estimate of drug-likeness (QED) is 0.310. The maximum atomic E-state index is 13.9. The molecule has 10 nitrogen and oxygen atoms in total. The van der Waals surface area contributed by atoms with Crippen LogP contribution >= 0.6 is 0 Å². The number of hydrogen-bond donors (Lipinski definition) is 4. The van der Waals surface area contributed by atoms with Crippen molar-refractivity contribution in [1.29, 1.82) is 0 Å². The standard InChI is InChI=1S/C27H44N4O6/c1-8-9-10-11-15-31(24(35)20(17-21(28)33)29-25(36)37-27(5,6)7)22(23(34)30-26(2,3)4)18-13-12-14-19(32)16-18/h12-14,16,20,22,32H,8-11,15,17H2,1-7H3,(H2,28,33)(H,29,36)(H,30,34). The second-order valence-electron chi connectivity index (χ2n) is 11.2. The van der Waals surface area contributed by atoms with Crippen LogP contribution in [0.1, 0.15) is 92.2 Å². The highest BCUT2D eigenvalue weighted by molar-refractivity contribution is 5.94. The third-order valence-electron chi connectivity index (χ3n) is 5.17. The first kappa shape index (κ1) is 31.7. The van der Waals surface area contributed by atoms with E-state index >= 15 is 0 Å². The highest BCUT2D eigenvalue weighted by Gasteiger charge is 2.37. The molecule has 1 rings (SSSR count). The Bertz CT molecular complexity index is 936. The van der Waals surface area contributed by atoms with E-state index in [2.05, 4.69) is 17.6 Å². The van der Waals surface area contributed by atoms with E-state index in [1.807, 2.05) is 20.8 Å². The molecule has 0 radical (unpaired) electrons. The van der Waals surface area contributed by atoms with Crippen molar-refractivity contribution < 1.29 is 29.0 Å². The van der Waals surface area contributed by atoms with Crippen molar-refractivity contribution in [1.82, 2.24) is 15.5 Å². The Labute approximate surface area is 220 Å². The molecule has 0 aliphatic rings. The number of nitrogens with one attached hydrogen (secondary N) is 2. The zero-order chi connectivity index (χ0) is 28.4. The molecule has 208 valence electrons. The van der Waals surface area contributed by atoms with Crippen LogP contribution in [0, 0.1) is 0 Å². The molecular weight excluding hydrogens is 476 g/mol. The van der Waals surface area contributed by atoms with Crippen molar-refractivity contribution in [3.05, 3.63) is 29.8 Å². The van der Waals surface area contributed by atoms with Gasteiger partial charge in [-0.25, -0.2) is 4.79 Å². The smallest absolute Gasteiger partial charge is 0.408 e. The number of ether oxygens (including phenoxy) is 1. The number of carbonyl (C=O) groups is 4. The largest absolute Gasteiger partial charge is 0.508 e. The molecule has 1 aromatic rings. The molecule has 0 heterocycles. The first-order valence-corrected chi connectivity index (χ1v) is 12.7. The lowest BCUT2D eigenvalue weighted by atomic mass is 9.99. The topological polar surface area (TPSA) is 151 Å². The molecule has 10 heteroatoms. The summed E-state index contributed by atoms with van der Waals surface area (Å²) in [4.78, 5) is 53.2. The minimum absolute atomic E-state index is 0.0648. The molecular formula is C27H44N4O6. The van der Waals surface area contributed by atoms with E-state index in [9.17, 15) is 24.3 Å². The number of phenols is 1. The normalized spacial score (nSPS) is 13.3. The number of primary amides is 1. The van der Waals surface area contributed by atoms with Crippen LogP contribution in [0.15, 0.2) is 24.3 Å². The maximum Gasteiger partial charge on any atom is 0.408 e. The van der Waals surface area contributed by atoms with Crippen molar-refractivity contribution in [2.75, 3.05) is 6.54 Å². The molecule has 0 saturated heterocycles. The SMILES string of the molecule is CCCCCCN(C(=O)C(CC(N)=O)NC(=O)OC(C)(C)C)C(C(=O)NC(C)(C)C)c1cccc(O)c1. The van der Waals surface area contributed by atoms with Crippen LogP contribution in [-0.2, 0) is 19.1 Å². The number of nitrogens with zero attached hydrogens (tertiary/aromatic N) is 1. The second-order valence-corrected chi connectivity index (χ2v) is 11.2. The fourth-order valence-corrected chi connectivity index (χ4v) is 3.73. The number of amides is 4. The van der Waals surface area contributed by atoms with Crippen LogP contribution < -0.4 is 16.4 Å². The van der Waals surface area contributed by atoms with Crippen molar-refractivity contribution in [3.63, 3.8) is 0 Å². The first-order chi connectivity index (χ1) is 17.0. The van der Waals surface area contributed by atoms with Crippen molar-refractivity contribution in [3.8, 4) is 5.75 Å². The van der Waals surface area contributed by atoms with Gasteiger partial charge in [-0.1, -0.05) is 38.3 Å². The number of hydrogen-bond acceptors (Lipinski definition) is 6. The Balaban J connectivity index is 3.52. The summed E-state index contributed by atoms with van der Waals surface area (Å²) in [5.41, 5.74) is 4.36. The highest BCUT2D eigenvalue weighted by Crippen LogP contribution is 2.27. The van der Waals surface area contributed by atoms with Crippen LogP contribution in [0.3, 0.4) is 0 Å². The fraction of sp³-hybridized carbons (Fsp3) is 0.630. The molecule has 5 N–H and O–H groups in total. The van der Waals surface area contributed by atoms with Crippen LogP contribution in [0.5, 0.6) is 5.75 Å². The minimum atomic E-state index is -1.35. The summed E-state index contributed by atoms with van der Waals surface area (Å²) in [5, 5.41) is 15.5. The lowest BCUT2D eigenvalue weighted by Crippen LogP contribution is -2.55. The number of alkyl carbamates (subject to hydrolysis) is 1. The molecule has 0 aliphatic carbocycles. The van der Waals surface area contributed by atoms with E-state index in [4.69, 9.17) is 10.5 Å². The Morgan fingerprint density at radius 3 is 2.22 bits per heavy atom. The molecule has 0 aliphatic heterocycles. The summed E-state index contributed by atoms with van der Waals surface area (Å²) in [6.45, 7) is 12.7. The molecule has 2 atom stereocenters. The number of rotatable bonds is 12. The van der Waals surface area contributed by atoms with Gasteiger partial charge in [0.15, 0.2) is 0 Å². The van der Waals surface area contributed by atoms with Crippen LogP contribution in [0.25, 0.3) is 0 Å². The predicted molar refractivity (Wildman–Crippen MR) is 142 cm³/mol. The fourth-order valence-electron chi connectivity index (χ4n) is 3.73. The maximum absolute atomic E-state index is 13.9. The first-order valence-electron chi connectivity index (χ1n) is 12.7. The Hall–Kier alpha value is -3.30. The van der Waals surface area contributed by atoms with Gasteiger partial charge in [0.25, 0.3) is 0 Å². The van der Waals surface area contributed by atoms with E-state index in [0.717, 1.165) is 19.3 Å². The van der Waals surface area contributed by atoms with Crippen LogP contribution in [-0.4, -0.2) is 57.5 Å². The van der Waals surface area contributed by atoms with Gasteiger partial charge in [0.2, 0.25) is 17.7 Å². The van der Waals surface area contributed by atoms with Crippen molar-refractivity contribution in [2.24, 2.45) is 5.73 Å². The molecule has 4 amide bonds. The summed E-state index contributed by atoms with van der Waals surface area (Å²) in [5.74, 6) is -1.98. The number of nitrogens with two attached hydrogens (primary N) is 1. The number of benzene rings is 1. The predicted octanol–water partition coefficient (Wildman–Crippen LogP) is 3.53. The Morgan fingerprint density at radius 1 is 1.05 bits per heavy atom. The lowest BCUT2D eigenvalue weighted by molar-refractivity contribution is -0.144. The van der Waals surface area contributed by atoms with Gasteiger partial charge < -0.3 is 31.1 Å². The summed E-state index contributed by atoms with van der Waals surface area (Å²) < 4.78 is 5.28. The third-order valence-corrected chi connectivity index (χ3v) is 5.17. The van der Waals surface area contributed by atoms with Gasteiger partial charge in [0.1, 0.15) is 23.4 Å². The van der Waals surface area contributed by atoms with Crippen LogP contribution in [0.4, 0.5) is 4.79 Å². The zero-order valence-electron chi connectivity index (χ0n) is 23.2. The monoisotopic (exact) mass is 520 g/mol. The van der Waals surface area contributed by atoms with E-state index in [0.29, 0.717) is 12.0 Å². The van der Waals surface area contributed by atoms with E-state index in [1.54, 1.807) is 32.9 Å². The molecule has 1 aromatic carbocycles. The number of aromatic hydroxyl groups is 1. The molecule has 0 saturated carbocycles. The molecule has 2 unspecified atom stereocenters. The third kappa shape index (κ3) is 12.0. The molecule has 0 bridgehead atoms. The van der Waals surface area contributed by atoms with Gasteiger partial charge in [0, 0.05) is 12.1 Å². The Kier molecular flexibility index (Phi) is 11.9. The van der Waals surface area contributed by atoms with E-state index in [-0.39, 0.29) is 12.3 Å². The van der Waals surface area contributed by atoms with Gasteiger partial charge in [0.05, 0.1) is 6.42 Å².